The minimum Gasteiger partial charge on any atom is -0.496 e. The normalized spacial score (nSPS) is 11.4. The summed E-state index contributed by atoms with van der Waals surface area (Å²) in [5.74, 6) is 0.0917. The second-order valence-corrected chi connectivity index (χ2v) is 5.65. The molecule has 0 aliphatic rings. The molecule has 0 unspecified atom stereocenters. The maximum atomic E-state index is 10.7. The lowest BCUT2D eigenvalue weighted by atomic mass is 9.89. The fourth-order valence-corrected chi connectivity index (χ4v) is 2.05. The van der Waals surface area contributed by atoms with Gasteiger partial charge in [0.05, 0.1) is 13.5 Å². The molecule has 0 aromatic heterocycles. The molecule has 0 radical (unpaired) electrons. The number of hydrogen-bond acceptors (Lipinski definition) is 3. The van der Waals surface area contributed by atoms with Crippen molar-refractivity contribution >= 4 is 5.97 Å². The Balaban J connectivity index is 2.57. The Morgan fingerprint density at radius 1 is 1.42 bits per heavy atom. The van der Waals surface area contributed by atoms with Gasteiger partial charge in [-0.15, -0.1) is 0 Å². The lowest BCUT2D eigenvalue weighted by Gasteiger charge is -2.23. The number of carbonyl (C=O) groups is 1. The monoisotopic (exact) mass is 265 g/mol. The van der Waals surface area contributed by atoms with Crippen LogP contribution in [0, 0.1) is 12.3 Å². The number of hydrogen-bond donors (Lipinski definition) is 2. The first-order chi connectivity index (χ1) is 8.84. The zero-order valence-corrected chi connectivity index (χ0v) is 12.1. The molecule has 2 N–H and O–H groups in total. The van der Waals surface area contributed by atoms with Crippen molar-refractivity contribution in [2.45, 2.75) is 33.7 Å². The molecule has 4 heteroatoms. The Morgan fingerprint density at radius 2 is 2.11 bits per heavy atom. The predicted octanol–water partition coefficient (Wildman–Crippen LogP) is 2.59. The summed E-state index contributed by atoms with van der Waals surface area (Å²) >= 11 is 0. The summed E-state index contributed by atoms with van der Waals surface area (Å²) < 4.78 is 5.31. The van der Waals surface area contributed by atoms with Crippen LogP contribution in [0.4, 0.5) is 0 Å². The molecule has 106 valence electrons. The van der Waals surface area contributed by atoms with Gasteiger partial charge in [0.15, 0.2) is 0 Å². The van der Waals surface area contributed by atoms with Crippen molar-refractivity contribution in [3.05, 3.63) is 29.3 Å². The molecule has 1 rings (SSSR count). The van der Waals surface area contributed by atoms with E-state index < -0.39 is 5.97 Å². The maximum absolute atomic E-state index is 10.7. The van der Waals surface area contributed by atoms with Gasteiger partial charge in [-0.2, -0.15) is 0 Å². The molecule has 1 aromatic carbocycles. The van der Waals surface area contributed by atoms with Crippen LogP contribution in [-0.2, 0) is 11.3 Å². The van der Waals surface area contributed by atoms with E-state index in [4.69, 9.17) is 9.84 Å². The summed E-state index contributed by atoms with van der Waals surface area (Å²) in [5.41, 5.74) is 2.01. The van der Waals surface area contributed by atoms with Crippen molar-refractivity contribution in [1.29, 1.82) is 0 Å². The zero-order valence-electron chi connectivity index (χ0n) is 12.1. The molecule has 0 bridgehead atoms. The van der Waals surface area contributed by atoms with Crippen LogP contribution in [-0.4, -0.2) is 24.7 Å². The average Bonchev–Trinajstić information content (AvgIpc) is 2.27. The highest BCUT2D eigenvalue weighted by Crippen LogP contribution is 2.21. The molecule has 0 atom stereocenters. The van der Waals surface area contributed by atoms with Gasteiger partial charge in [0.1, 0.15) is 5.75 Å². The van der Waals surface area contributed by atoms with E-state index >= 15 is 0 Å². The van der Waals surface area contributed by atoms with E-state index in [2.05, 4.69) is 11.4 Å². The molecule has 19 heavy (non-hydrogen) atoms. The van der Waals surface area contributed by atoms with Gasteiger partial charge in [-0.3, -0.25) is 4.79 Å². The fourth-order valence-electron chi connectivity index (χ4n) is 2.05. The van der Waals surface area contributed by atoms with Crippen LogP contribution in [0.3, 0.4) is 0 Å². The molecule has 1 aromatic rings. The van der Waals surface area contributed by atoms with E-state index in [1.54, 1.807) is 7.11 Å². The lowest BCUT2D eigenvalue weighted by molar-refractivity contribution is -0.139. The Kier molecular flexibility index (Phi) is 5.36. The molecule has 4 nitrogen and oxygen atoms in total. The number of carboxylic acid groups (broad SMARTS) is 1. The van der Waals surface area contributed by atoms with Crippen molar-refractivity contribution in [2.75, 3.05) is 13.7 Å². The van der Waals surface area contributed by atoms with Gasteiger partial charge in [-0.05, 0) is 18.4 Å². The standard InChI is InChI=1S/C15H23NO3/c1-11-5-6-13(19-4)12(7-11)9-16-10-15(2,3)8-14(17)18/h5-7,16H,8-10H2,1-4H3,(H,17,18). The Morgan fingerprint density at radius 3 is 2.68 bits per heavy atom. The van der Waals surface area contributed by atoms with Crippen molar-refractivity contribution in [3.63, 3.8) is 0 Å². The van der Waals surface area contributed by atoms with E-state index in [9.17, 15) is 4.79 Å². The number of carboxylic acids is 1. The minimum atomic E-state index is -0.764. The van der Waals surface area contributed by atoms with Crippen LogP contribution in [0.1, 0.15) is 31.4 Å². The van der Waals surface area contributed by atoms with Gasteiger partial charge in [-0.25, -0.2) is 0 Å². The Labute approximate surface area is 114 Å². The first-order valence-electron chi connectivity index (χ1n) is 6.40. The Bertz CT molecular complexity index is 441. The Hall–Kier alpha value is -1.55. The molecular formula is C15H23NO3. The van der Waals surface area contributed by atoms with Crippen molar-refractivity contribution in [3.8, 4) is 5.75 Å². The van der Waals surface area contributed by atoms with E-state index in [0.29, 0.717) is 13.1 Å². The van der Waals surface area contributed by atoms with Crippen molar-refractivity contribution in [2.24, 2.45) is 5.41 Å². The summed E-state index contributed by atoms with van der Waals surface area (Å²) in [5, 5.41) is 12.1. The molecule has 0 heterocycles. The maximum Gasteiger partial charge on any atom is 0.303 e. The third kappa shape index (κ3) is 5.30. The number of rotatable bonds is 7. The lowest BCUT2D eigenvalue weighted by Crippen LogP contribution is -2.31. The minimum absolute atomic E-state index is 0.158. The smallest absolute Gasteiger partial charge is 0.303 e. The van der Waals surface area contributed by atoms with E-state index in [1.165, 1.54) is 5.56 Å². The van der Waals surface area contributed by atoms with Crippen molar-refractivity contribution in [1.82, 2.24) is 5.32 Å². The highest BCUT2D eigenvalue weighted by Gasteiger charge is 2.21. The number of ether oxygens (including phenoxy) is 1. The van der Waals surface area contributed by atoms with E-state index in [0.717, 1.165) is 11.3 Å². The highest BCUT2D eigenvalue weighted by molar-refractivity contribution is 5.67. The molecule has 0 saturated carbocycles. The van der Waals surface area contributed by atoms with Crippen LogP contribution in [0.15, 0.2) is 18.2 Å². The average molecular weight is 265 g/mol. The summed E-state index contributed by atoms with van der Waals surface area (Å²) in [6.45, 7) is 7.25. The molecule has 0 fully saturated rings. The molecule has 0 aliphatic heterocycles. The molecule has 0 spiro atoms. The topological polar surface area (TPSA) is 58.6 Å². The zero-order chi connectivity index (χ0) is 14.5. The molecule has 0 amide bonds. The van der Waals surface area contributed by atoms with Crippen LogP contribution in [0.25, 0.3) is 0 Å². The van der Waals surface area contributed by atoms with Gasteiger partial charge in [0.2, 0.25) is 0 Å². The van der Waals surface area contributed by atoms with Crippen LogP contribution in [0.5, 0.6) is 5.75 Å². The fraction of sp³-hybridized carbons (Fsp3) is 0.533. The number of aryl methyl sites for hydroxylation is 1. The molecule has 0 aliphatic carbocycles. The van der Waals surface area contributed by atoms with Crippen LogP contribution in [0.2, 0.25) is 0 Å². The number of nitrogens with one attached hydrogen (secondary N) is 1. The second kappa shape index (κ2) is 6.57. The summed E-state index contributed by atoms with van der Waals surface area (Å²) in [6.07, 6.45) is 0.158. The SMILES string of the molecule is COc1ccc(C)cc1CNCC(C)(C)CC(=O)O. The number of benzene rings is 1. The summed E-state index contributed by atoms with van der Waals surface area (Å²) in [4.78, 5) is 10.7. The van der Waals surface area contributed by atoms with E-state index in [1.807, 2.05) is 32.9 Å². The van der Waals surface area contributed by atoms with Gasteiger partial charge in [-0.1, -0.05) is 31.5 Å². The second-order valence-electron chi connectivity index (χ2n) is 5.65. The van der Waals surface area contributed by atoms with Gasteiger partial charge < -0.3 is 15.2 Å². The van der Waals surface area contributed by atoms with Crippen molar-refractivity contribution < 1.29 is 14.6 Å². The van der Waals surface area contributed by atoms with Crippen LogP contribution < -0.4 is 10.1 Å². The number of methoxy groups -OCH3 is 1. The largest absolute Gasteiger partial charge is 0.496 e. The third-order valence-corrected chi connectivity index (χ3v) is 2.98. The summed E-state index contributed by atoms with van der Waals surface area (Å²) in [6, 6.07) is 6.04. The van der Waals surface area contributed by atoms with Crippen LogP contribution >= 0.6 is 0 Å². The van der Waals surface area contributed by atoms with E-state index in [-0.39, 0.29) is 11.8 Å². The summed E-state index contributed by atoms with van der Waals surface area (Å²) in [7, 11) is 1.66. The molecule has 0 saturated heterocycles. The molecular weight excluding hydrogens is 242 g/mol. The third-order valence-electron chi connectivity index (χ3n) is 2.98. The van der Waals surface area contributed by atoms with Gasteiger partial charge in [0, 0.05) is 18.7 Å². The first kappa shape index (κ1) is 15.5. The number of aliphatic carboxylic acids is 1. The van der Waals surface area contributed by atoms with Gasteiger partial charge >= 0.3 is 5.97 Å². The highest BCUT2D eigenvalue weighted by atomic mass is 16.5. The quantitative estimate of drug-likeness (QED) is 0.795. The predicted molar refractivity (Wildman–Crippen MR) is 75.5 cm³/mol. The first-order valence-corrected chi connectivity index (χ1v) is 6.40. The van der Waals surface area contributed by atoms with Gasteiger partial charge in [0.25, 0.3) is 0 Å².